The highest BCUT2D eigenvalue weighted by molar-refractivity contribution is 8.00. The molecular formula is C18H25FN4OS. The topological polar surface area (TPSA) is 59.8 Å². The number of rotatable bonds is 8. The van der Waals surface area contributed by atoms with Gasteiger partial charge in [0.15, 0.2) is 11.0 Å². The van der Waals surface area contributed by atoms with Crippen LogP contribution in [0.15, 0.2) is 29.4 Å². The van der Waals surface area contributed by atoms with E-state index in [4.69, 9.17) is 0 Å². The average molecular weight is 364 g/mol. The molecule has 0 aliphatic heterocycles. The van der Waals surface area contributed by atoms with Gasteiger partial charge < -0.3 is 9.88 Å². The number of carbonyl (C=O) groups excluding carboxylic acids is 1. The van der Waals surface area contributed by atoms with E-state index in [0.29, 0.717) is 35.6 Å². The second-order valence-electron chi connectivity index (χ2n) is 6.34. The van der Waals surface area contributed by atoms with E-state index >= 15 is 0 Å². The van der Waals surface area contributed by atoms with Crippen LogP contribution >= 0.6 is 11.8 Å². The lowest BCUT2D eigenvalue weighted by atomic mass is 10.2. The highest BCUT2D eigenvalue weighted by Crippen LogP contribution is 2.29. The van der Waals surface area contributed by atoms with Crippen molar-refractivity contribution in [2.45, 2.75) is 51.1 Å². The van der Waals surface area contributed by atoms with E-state index in [-0.39, 0.29) is 17.0 Å². The van der Waals surface area contributed by atoms with E-state index in [1.165, 1.54) is 17.8 Å². The molecule has 0 spiro atoms. The lowest BCUT2D eigenvalue weighted by molar-refractivity contribution is -0.120. The summed E-state index contributed by atoms with van der Waals surface area (Å²) in [6, 6.07) is 6.54. The Morgan fingerprint density at radius 2 is 2.00 bits per heavy atom. The number of nitrogens with one attached hydrogen (secondary N) is 1. The zero-order valence-corrected chi connectivity index (χ0v) is 15.9. The predicted octanol–water partition coefficient (Wildman–Crippen LogP) is 3.75. The molecular weight excluding hydrogens is 339 g/mol. The molecule has 0 bridgehead atoms. The normalized spacial score (nSPS) is 12.4. The molecule has 25 heavy (non-hydrogen) atoms. The van der Waals surface area contributed by atoms with Crippen LogP contribution in [-0.2, 0) is 11.3 Å². The maximum Gasteiger partial charge on any atom is 0.233 e. The molecule has 7 heteroatoms. The largest absolute Gasteiger partial charge is 0.355 e. The number of hydrogen-bond donors (Lipinski definition) is 1. The Hall–Kier alpha value is -1.89. The Bertz CT molecular complexity index is 717. The molecule has 5 nitrogen and oxygen atoms in total. The molecule has 1 N–H and O–H groups in total. The smallest absolute Gasteiger partial charge is 0.233 e. The summed E-state index contributed by atoms with van der Waals surface area (Å²) in [5, 5.41) is 11.6. The summed E-state index contributed by atoms with van der Waals surface area (Å²) in [5.41, 5.74) is 0.422. The van der Waals surface area contributed by atoms with Crippen molar-refractivity contribution in [1.29, 1.82) is 0 Å². The van der Waals surface area contributed by atoms with Crippen LogP contribution < -0.4 is 5.32 Å². The Morgan fingerprint density at radius 1 is 1.28 bits per heavy atom. The first-order valence-corrected chi connectivity index (χ1v) is 9.44. The van der Waals surface area contributed by atoms with Crippen LogP contribution in [0.5, 0.6) is 0 Å². The fourth-order valence-electron chi connectivity index (χ4n) is 2.35. The maximum absolute atomic E-state index is 14.2. The first kappa shape index (κ1) is 19.4. The number of halogens is 1. The van der Waals surface area contributed by atoms with E-state index in [0.717, 1.165) is 6.42 Å². The van der Waals surface area contributed by atoms with Gasteiger partial charge in [-0.05, 0) is 31.4 Å². The molecule has 1 heterocycles. The lowest BCUT2D eigenvalue weighted by Gasteiger charge is -2.15. The summed E-state index contributed by atoms with van der Waals surface area (Å²) in [6.45, 7) is 9.32. The van der Waals surface area contributed by atoms with E-state index in [9.17, 15) is 9.18 Å². The zero-order valence-electron chi connectivity index (χ0n) is 15.1. The summed E-state index contributed by atoms with van der Waals surface area (Å²) < 4.78 is 16.1. The highest BCUT2D eigenvalue weighted by Gasteiger charge is 2.22. The monoisotopic (exact) mass is 364 g/mol. The van der Waals surface area contributed by atoms with Gasteiger partial charge in [-0.15, -0.1) is 10.2 Å². The number of nitrogens with zero attached hydrogens (tertiary/aromatic N) is 3. The average Bonchev–Trinajstić information content (AvgIpc) is 2.94. The number of aromatic nitrogens is 3. The van der Waals surface area contributed by atoms with E-state index in [2.05, 4.69) is 29.4 Å². The third-order valence-corrected chi connectivity index (χ3v) is 4.66. The van der Waals surface area contributed by atoms with Crippen molar-refractivity contribution in [3.8, 4) is 11.4 Å². The number of carbonyl (C=O) groups is 1. The number of thioether (sulfide) groups is 1. The first-order chi connectivity index (χ1) is 11.9. The molecule has 1 unspecified atom stereocenters. The molecule has 1 aromatic carbocycles. The summed E-state index contributed by atoms with van der Waals surface area (Å²) >= 11 is 1.35. The minimum Gasteiger partial charge on any atom is -0.355 e. The maximum atomic E-state index is 14.2. The Labute approximate surface area is 152 Å². The van der Waals surface area contributed by atoms with Gasteiger partial charge in [-0.25, -0.2) is 4.39 Å². The highest BCUT2D eigenvalue weighted by atomic mass is 32.2. The molecule has 2 aromatic rings. The molecule has 0 aliphatic carbocycles. The second-order valence-corrected chi connectivity index (χ2v) is 7.65. The predicted molar refractivity (Wildman–Crippen MR) is 98.9 cm³/mol. The fraction of sp³-hybridized carbons (Fsp3) is 0.500. The molecule has 1 aromatic heterocycles. The number of amides is 1. The SMILES string of the molecule is CCCNC(=O)C(C)Sc1nnc(-c2ccccc2F)n1CC(C)C. The van der Waals surface area contributed by atoms with Gasteiger partial charge >= 0.3 is 0 Å². The number of hydrogen-bond acceptors (Lipinski definition) is 4. The van der Waals surface area contributed by atoms with Gasteiger partial charge in [0.1, 0.15) is 5.82 Å². The quantitative estimate of drug-likeness (QED) is 0.725. The van der Waals surface area contributed by atoms with Gasteiger partial charge in [-0.1, -0.05) is 44.7 Å². The lowest BCUT2D eigenvalue weighted by Crippen LogP contribution is -2.31. The van der Waals surface area contributed by atoms with Crippen LogP contribution in [0.25, 0.3) is 11.4 Å². The summed E-state index contributed by atoms with van der Waals surface area (Å²) in [5.74, 6) is 0.476. The van der Waals surface area contributed by atoms with E-state index in [1.807, 2.05) is 18.4 Å². The van der Waals surface area contributed by atoms with Crippen molar-refractivity contribution in [2.24, 2.45) is 5.92 Å². The van der Waals surface area contributed by atoms with Crippen molar-refractivity contribution < 1.29 is 9.18 Å². The molecule has 0 saturated carbocycles. The van der Waals surface area contributed by atoms with Crippen LogP contribution in [0.4, 0.5) is 4.39 Å². The Kier molecular flexibility index (Phi) is 6.99. The van der Waals surface area contributed by atoms with Crippen molar-refractivity contribution in [3.05, 3.63) is 30.1 Å². The van der Waals surface area contributed by atoms with Gasteiger partial charge in [0.2, 0.25) is 5.91 Å². The van der Waals surface area contributed by atoms with Gasteiger partial charge in [-0.3, -0.25) is 4.79 Å². The summed E-state index contributed by atoms with van der Waals surface area (Å²) in [6.07, 6.45) is 0.893. The first-order valence-electron chi connectivity index (χ1n) is 8.56. The molecule has 2 rings (SSSR count). The third kappa shape index (κ3) is 5.04. The number of benzene rings is 1. The molecule has 1 amide bonds. The van der Waals surface area contributed by atoms with Gasteiger partial charge in [-0.2, -0.15) is 0 Å². The van der Waals surface area contributed by atoms with Gasteiger partial charge in [0.05, 0.1) is 10.8 Å². The molecule has 0 aliphatic rings. The van der Waals surface area contributed by atoms with Crippen LogP contribution in [0.3, 0.4) is 0 Å². The minimum absolute atomic E-state index is 0.0293. The molecule has 0 saturated heterocycles. The van der Waals surface area contributed by atoms with Crippen molar-refractivity contribution >= 4 is 17.7 Å². The van der Waals surface area contributed by atoms with Gasteiger partial charge in [0, 0.05) is 13.1 Å². The zero-order chi connectivity index (χ0) is 18.4. The summed E-state index contributed by atoms with van der Waals surface area (Å²) in [4.78, 5) is 12.1. The summed E-state index contributed by atoms with van der Waals surface area (Å²) in [7, 11) is 0. The van der Waals surface area contributed by atoms with Crippen LogP contribution in [0, 0.1) is 11.7 Å². The Morgan fingerprint density at radius 3 is 2.64 bits per heavy atom. The molecule has 0 fully saturated rings. The third-order valence-electron chi connectivity index (χ3n) is 3.58. The minimum atomic E-state index is -0.329. The standard InChI is InChI=1S/C18H25FN4OS/c1-5-10-20-17(24)13(4)25-18-22-21-16(23(18)11-12(2)3)14-8-6-7-9-15(14)19/h6-9,12-13H,5,10-11H2,1-4H3,(H,20,24). The fourth-order valence-corrected chi connectivity index (χ4v) is 3.23. The van der Waals surface area contributed by atoms with Crippen molar-refractivity contribution in [2.75, 3.05) is 6.54 Å². The Balaban J connectivity index is 2.30. The van der Waals surface area contributed by atoms with Crippen LogP contribution in [0.1, 0.15) is 34.1 Å². The van der Waals surface area contributed by atoms with E-state index < -0.39 is 0 Å². The second kappa shape index (κ2) is 8.99. The van der Waals surface area contributed by atoms with Crippen molar-refractivity contribution in [1.82, 2.24) is 20.1 Å². The van der Waals surface area contributed by atoms with Crippen LogP contribution in [-0.4, -0.2) is 32.5 Å². The van der Waals surface area contributed by atoms with Crippen molar-refractivity contribution in [3.63, 3.8) is 0 Å². The molecule has 136 valence electrons. The van der Waals surface area contributed by atoms with Gasteiger partial charge in [0.25, 0.3) is 0 Å². The van der Waals surface area contributed by atoms with E-state index in [1.54, 1.807) is 18.2 Å². The molecule has 1 atom stereocenters. The molecule has 0 radical (unpaired) electrons. The van der Waals surface area contributed by atoms with Crippen LogP contribution in [0.2, 0.25) is 0 Å².